The molecule has 3 aromatic rings. The van der Waals surface area contributed by atoms with E-state index in [1.807, 2.05) is 0 Å². The van der Waals surface area contributed by atoms with Crippen LogP contribution in [0.2, 0.25) is 0 Å². The smallest absolute Gasteiger partial charge is 0.395 e. The van der Waals surface area contributed by atoms with Crippen molar-refractivity contribution >= 4 is 7.32 Å². The van der Waals surface area contributed by atoms with Gasteiger partial charge < -0.3 is 14.3 Å². The second-order valence-electron chi connectivity index (χ2n) is 3.37. The van der Waals surface area contributed by atoms with Crippen molar-refractivity contribution < 1.29 is 14.3 Å². The monoisotopic (exact) mass is 260 g/mol. The lowest BCUT2D eigenvalue weighted by atomic mass is 10.3. The van der Waals surface area contributed by atoms with Gasteiger partial charge in [-0.2, -0.15) is 14.2 Å². The maximum atomic E-state index is 5.41. The van der Waals surface area contributed by atoms with Gasteiger partial charge in [-0.1, -0.05) is 0 Å². The molecule has 0 atom stereocenters. The van der Waals surface area contributed by atoms with E-state index in [4.69, 9.17) is 14.3 Å². The SMILES string of the molecule is c1cn(OB(On2ccnc2)On2ccnc2)cn1. The predicted octanol–water partition coefficient (Wildman–Crippen LogP) is -1.05. The molecule has 9 nitrogen and oxygen atoms in total. The highest BCUT2D eigenvalue weighted by Crippen LogP contribution is 1.90. The van der Waals surface area contributed by atoms with Crippen LogP contribution >= 0.6 is 0 Å². The zero-order valence-corrected chi connectivity index (χ0v) is 9.68. The summed E-state index contributed by atoms with van der Waals surface area (Å²) in [5, 5.41) is 0. The van der Waals surface area contributed by atoms with Crippen LogP contribution in [0.4, 0.5) is 0 Å². The summed E-state index contributed by atoms with van der Waals surface area (Å²) in [5.74, 6) is 0. The summed E-state index contributed by atoms with van der Waals surface area (Å²) in [4.78, 5) is 11.6. The van der Waals surface area contributed by atoms with Crippen molar-refractivity contribution in [1.29, 1.82) is 0 Å². The van der Waals surface area contributed by atoms with Gasteiger partial charge in [0, 0.05) is 18.6 Å². The number of hydrogen-bond acceptors (Lipinski definition) is 6. The Hall–Kier alpha value is -2.91. The van der Waals surface area contributed by atoms with Crippen molar-refractivity contribution in [2.75, 3.05) is 0 Å². The fourth-order valence-electron chi connectivity index (χ4n) is 1.28. The maximum absolute atomic E-state index is 5.41. The molecule has 10 heteroatoms. The topological polar surface area (TPSA) is 81.1 Å². The molecule has 0 spiro atoms. The zero-order valence-electron chi connectivity index (χ0n) is 9.68. The van der Waals surface area contributed by atoms with Gasteiger partial charge in [0.1, 0.15) is 19.0 Å². The third kappa shape index (κ3) is 2.86. The van der Waals surface area contributed by atoms with Crippen LogP contribution in [-0.2, 0) is 0 Å². The molecule has 0 aliphatic rings. The Morgan fingerprint density at radius 1 is 0.632 bits per heavy atom. The first-order valence-corrected chi connectivity index (χ1v) is 5.35. The number of imidazole rings is 3. The quantitative estimate of drug-likeness (QED) is 0.526. The Balaban J connectivity index is 1.70. The van der Waals surface area contributed by atoms with E-state index in [0.717, 1.165) is 0 Å². The number of aromatic nitrogens is 6. The third-order valence-corrected chi connectivity index (χ3v) is 2.06. The number of hydrogen-bond donors (Lipinski definition) is 0. The van der Waals surface area contributed by atoms with Crippen LogP contribution in [0.1, 0.15) is 0 Å². The molecule has 3 aromatic heterocycles. The van der Waals surface area contributed by atoms with E-state index in [0.29, 0.717) is 0 Å². The normalized spacial score (nSPS) is 10.1. The van der Waals surface area contributed by atoms with E-state index in [2.05, 4.69) is 15.0 Å². The summed E-state index contributed by atoms with van der Waals surface area (Å²) in [5.41, 5.74) is 0. The Kier molecular flexibility index (Phi) is 3.05. The highest BCUT2D eigenvalue weighted by Gasteiger charge is 2.33. The van der Waals surface area contributed by atoms with Gasteiger partial charge in [0.25, 0.3) is 0 Å². The molecule has 3 heterocycles. The summed E-state index contributed by atoms with van der Waals surface area (Å²) in [6.45, 7) is 0. The molecule has 0 radical (unpaired) electrons. The molecule has 0 bridgehead atoms. The van der Waals surface area contributed by atoms with E-state index in [-0.39, 0.29) is 0 Å². The summed E-state index contributed by atoms with van der Waals surface area (Å²) in [7, 11) is -1.04. The molecule has 3 rings (SSSR count). The lowest BCUT2D eigenvalue weighted by molar-refractivity contribution is 0.0683. The Labute approximate surface area is 108 Å². The van der Waals surface area contributed by atoms with Crippen molar-refractivity contribution in [3.8, 4) is 0 Å². The van der Waals surface area contributed by atoms with Gasteiger partial charge in [0.05, 0.1) is 18.6 Å². The molecule has 0 N–H and O–H groups in total. The van der Waals surface area contributed by atoms with E-state index >= 15 is 0 Å². The van der Waals surface area contributed by atoms with Gasteiger partial charge in [0.15, 0.2) is 0 Å². The molecule has 0 fully saturated rings. The van der Waals surface area contributed by atoms with Gasteiger partial charge in [-0.25, -0.2) is 15.0 Å². The second-order valence-corrected chi connectivity index (χ2v) is 3.37. The molecule has 0 saturated heterocycles. The first-order chi connectivity index (χ1) is 9.40. The van der Waals surface area contributed by atoms with Crippen LogP contribution in [0.25, 0.3) is 0 Å². The average Bonchev–Trinajstić information content (AvgIpc) is 3.10. The molecule has 96 valence electrons. The third-order valence-electron chi connectivity index (χ3n) is 2.06. The Morgan fingerprint density at radius 3 is 1.26 bits per heavy atom. The minimum Gasteiger partial charge on any atom is -0.395 e. The van der Waals surface area contributed by atoms with Crippen molar-refractivity contribution in [3.05, 3.63) is 56.2 Å². The van der Waals surface area contributed by atoms with Gasteiger partial charge in [-0.3, -0.25) is 0 Å². The highest BCUT2D eigenvalue weighted by molar-refractivity contribution is 6.37. The Morgan fingerprint density at radius 2 is 1.00 bits per heavy atom. The van der Waals surface area contributed by atoms with E-state index < -0.39 is 7.32 Å². The molecular weight excluding hydrogens is 251 g/mol. The molecule has 0 aliphatic carbocycles. The van der Waals surface area contributed by atoms with E-state index in [9.17, 15) is 0 Å². The number of rotatable bonds is 6. The summed E-state index contributed by atoms with van der Waals surface area (Å²) < 4.78 is 20.3. The van der Waals surface area contributed by atoms with Gasteiger partial charge in [-0.05, 0) is 0 Å². The first kappa shape index (κ1) is 11.2. The van der Waals surface area contributed by atoms with Crippen LogP contribution in [-0.4, -0.2) is 36.5 Å². The fourth-order valence-corrected chi connectivity index (χ4v) is 1.28. The largest absolute Gasteiger partial charge is 0.926 e. The van der Waals surface area contributed by atoms with Gasteiger partial charge >= 0.3 is 7.32 Å². The zero-order chi connectivity index (χ0) is 12.9. The number of nitrogens with zero attached hydrogens (tertiary/aromatic N) is 6. The van der Waals surface area contributed by atoms with Gasteiger partial charge in [-0.15, -0.1) is 0 Å². The average molecular weight is 260 g/mol. The molecule has 0 saturated carbocycles. The molecule has 0 aromatic carbocycles. The summed E-state index contributed by atoms with van der Waals surface area (Å²) >= 11 is 0. The van der Waals surface area contributed by atoms with Crippen LogP contribution in [0, 0.1) is 0 Å². The van der Waals surface area contributed by atoms with Crippen molar-refractivity contribution in [2.45, 2.75) is 0 Å². The predicted molar refractivity (Wildman–Crippen MR) is 62.2 cm³/mol. The minimum absolute atomic E-state index is 1.04. The first-order valence-electron chi connectivity index (χ1n) is 5.35. The van der Waals surface area contributed by atoms with Crippen molar-refractivity contribution in [3.63, 3.8) is 0 Å². The summed E-state index contributed by atoms with van der Waals surface area (Å²) in [6, 6.07) is 0. The van der Waals surface area contributed by atoms with Crippen LogP contribution < -0.4 is 14.3 Å². The van der Waals surface area contributed by atoms with E-state index in [1.54, 1.807) is 37.2 Å². The molecule has 0 aliphatic heterocycles. The molecule has 19 heavy (non-hydrogen) atoms. The lowest BCUT2D eigenvalue weighted by Crippen LogP contribution is -2.47. The maximum Gasteiger partial charge on any atom is 0.926 e. The van der Waals surface area contributed by atoms with Crippen LogP contribution in [0.3, 0.4) is 0 Å². The van der Waals surface area contributed by atoms with Crippen LogP contribution in [0.15, 0.2) is 56.2 Å². The second kappa shape index (κ2) is 5.17. The Bertz CT molecular complexity index is 495. The summed E-state index contributed by atoms with van der Waals surface area (Å²) in [6.07, 6.45) is 14.0. The molecular formula is C9H9BN6O3. The van der Waals surface area contributed by atoms with Gasteiger partial charge in [0.2, 0.25) is 0 Å². The fraction of sp³-hybridized carbons (Fsp3) is 0. The van der Waals surface area contributed by atoms with E-state index in [1.165, 1.54) is 33.2 Å². The molecule has 0 amide bonds. The molecule has 0 unspecified atom stereocenters. The van der Waals surface area contributed by atoms with Crippen molar-refractivity contribution in [2.24, 2.45) is 0 Å². The highest BCUT2D eigenvalue weighted by atomic mass is 16.9. The lowest BCUT2D eigenvalue weighted by Gasteiger charge is -2.15. The van der Waals surface area contributed by atoms with Crippen molar-refractivity contribution in [1.82, 2.24) is 29.1 Å². The van der Waals surface area contributed by atoms with Crippen LogP contribution in [0.5, 0.6) is 0 Å². The standard InChI is InChI=1S/C9H9BN6O3/c1-4-14(7-11-1)17-10(18-15-5-2-12-8-15)19-16-6-3-13-9-16/h1-9H. The minimum atomic E-state index is -1.04.